The first-order valence-corrected chi connectivity index (χ1v) is 6.28. The Balaban J connectivity index is 3.94. The molecule has 0 aliphatic rings. The predicted octanol–water partition coefficient (Wildman–Crippen LogP) is 2.84. The smallest absolute Gasteiger partial charge is 0.408 e. The molecule has 0 saturated heterocycles. The molecular weight excluding hydrogens is 218 g/mol. The molecule has 4 nitrogen and oxygen atoms in total. The molecule has 0 atom stereocenters. The Bertz CT molecular complexity index is 231. The maximum absolute atomic E-state index is 11.6. The zero-order valence-corrected chi connectivity index (χ0v) is 11.8. The van der Waals surface area contributed by atoms with E-state index in [2.05, 4.69) is 5.32 Å². The van der Waals surface area contributed by atoms with Crippen LogP contribution in [0.1, 0.15) is 60.3 Å². The highest BCUT2D eigenvalue weighted by Gasteiger charge is 2.23. The molecule has 2 N–H and O–H groups in total. The molecule has 0 fully saturated rings. The lowest BCUT2D eigenvalue weighted by atomic mass is 9.97. The molecule has 17 heavy (non-hydrogen) atoms. The molecule has 0 bridgehead atoms. The molecule has 0 spiro atoms. The number of unbranched alkanes of at least 4 members (excludes halogenated alkanes) is 2. The molecule has 0 radical (unpaired) electrons. The monoisotopic (exact) mass is 245 g/mol. The van der Waals surface area contributed by atoms with E-state index in [1.54, 1.807) is 0 Å². The van der Waals surface area contributed by atoms with Gasteiger partial charge in [-0.05, 0) is 47.5 Å². The number of hydrogen-bond donors (Lipinski definition) is 2. The second-order valence-electron chi connectivity index (χ2n) is 6.05. The van der Waals surface area contributed by atoms with Crippen molar-refractivity contribution in [2.45, 2.75) is 71.4 Å². The Morgan fingerprint density at radius 3 is 2.18 bits per heavy atom. The van der Waals surface area contributed by atoms with Crippen LogP contribution in [0.3, 0.4) is 0 Å². The number of aliphatic hydroxyl groups excluding tert-OH is 1. The third-order valence-electron chi connectivity index (χ3n) is 2.30. The Labute approximate surface area is 105 Å². The van der Waals surface area contributed by atoms with Crippen LogP contribution in [0.25, 0.3) is 0 Å². The van der Waals surface area contributed by atoms with E-state index < -0.39 is 5.60 Å². The first-order valence-electron chi connectivity index (χ1n) is 6.28. The normalized spacial score (nSPS) is 12.4. The number of rotatable bonds is 6. The molecule has 0 rings (SSSR count). The standard InChI is InChI=1S/C13H27NO3/c1-12(2,3)17-11(16)14-13(4,5)9-7-6-8-10-15/h15H,6-10H2,1-5H3,(H,14,16). The summed E-state index contributed by atoms with van der Waals surface area (Å²) in [5.41, 5.74) is -0.727. The zero-order chi connectivity index (χ0) is 13.5. The number of aliphatic hydroxyl groups is 1. The third kappa shape index (κ3) is 10.1. The van der Waals surface area contributed by atoms with Gasteiger partial charge in [0.25, 0.3) is 0 Å². The Morgan fingerprint density at radius 1 is 1.12 bits per heavy atom. The Hall–Kier alpha value is -0.770. The maximum Gasteiger partial charge on any atom is 0.408 e. The van der Waals surface area contributed by atoms with Gasteiger partial charge in [0.2, 0.25) is 0 Å². The van der Waals surface area contributed by atoms with Crippen molar-refractivity contribution < 1.29 is 14.6 Å². The number of carbonyl (C=O) groups is 1. The summed E-state index contributed by atoms with van der Waals surface area (Å²) >= 11 is 0. The maximum atomic E-state index is 11.6. The summed E-state index contributed by atoms with van der Waals surface area (Å²) in [6.07, 6.45) is 3.30. The quantitative estimate of drug-likeness (QED) is 0.707. The van der Waals surface area contributed by atoms with Crippen LogP contribution in [0.15, 0.2) is 0 Å². The van der Waals surface area contributed by atoms with Gasteiger partial charge in [0, 0.05) is 12.1 Å². The van der Waals surface area contributed by atoms with Gasteiger partial charge in [-0.2, -0.15) is 0 Å². The first kappa shape index (κ1) is 16.2. The van der Waals surface area contributed by atoms with Crippen molar-refractivity contribution in [1.29, 1.82) is 0 Å². The summed E-state index contributed by atoms with van der Waals surface area (Å²) in [4.78, 5) is 11.6. The van der Waals surface area contributed by atoms with E-state index in [9.17, 15) is 4.79 Å². The minimum atomic E-state index is -0.461. The minimum absolute atomic E-state index is 0.236. The van der Waals surface area contributed by atoms with Gasteiger partial charge < -0.3 is 15.2 Å². The van der Waals surface area contributed by atoms with E-state index in [1.165, 1.54) is 0 Å². The fraction of sp³-hybridized carbons (Fsp3) is 0.923. The highest BCUT2D eigenvalue weighted by molar-refractivity contribution is 5.68. The molecular formula is C13H27NO3. The Kier molecular flexibility index (Phi) is 6.53. The average molecular weight is 245 g/mol. The van der Waals surface area contributed by atoms with Crippen molar-refractivity contribution in [2.75, 3.05) is 6.61 Å². The van der Waals surface area contributed by atoms with E-state index in [0.29, 0.717) is 0 Å². The number of nitrogens with one attached hydrogen (secondary N) is 1. The summed E-state index contributed by atoms with van der Waals surface area (Å²) in [5.74, 6) is 0. The summed E-state index contributed by atoms with van der Waals surface area (Å²) in [5, 5.41) is 11.5. The van der Waals surface area contributed by atoms with Crippen molar-refractivity contribution in [2.24, 2.45) is 0 Å². The molecule has 0 aromatic rings. The summed E-state index contributed by atoms with van der Waals surface area (Å²) in [6.45, 7) is 9.74. The fourth-order valence-corrected chi connectivity index (χ4v) is 1.50. The summed E-state index contributed by atoms with van der Waals surface area (Å²) in [7, 11) is 0. The first-order chi connectivity index (χ1) is 7.66. The van der Waals surface area contributed by atoms with Crippen molar-refractivity contribution >= 4 is 6.09 Å². The van der Waals surface area contributed by atoms with Gasteiger partial charge in [0.15, 0.2) is 0 Å². The van der Waals surface area contributed by atoms with Gasteiger partial charge in [-0.3, -0.25) is 0 Å². The molecule has 0 unspecified atom stereocenters. The zero-order valence-electron chi connectivity index (χ0n) is 11.8. The molecule has 1 amide bonds. The fourth-order valence-electron chi connectivity index (χ4n) is 1.50. The lowest BCUT2D eigenvalue weighted by Crippen LogP contribution is -2.45. The summed E-state index contributed by atoms with van der Waals surface area (Å²) < 4.78 is 5.21. The van der Waals surface area contributed by atoms with Crippen molar-refractivity contribution in [3.05, 3.63) is 0 Å². The number of hydrogen-bond acceptors (Lipinski definition) is 3. The van der Waals surface area contributed by atoms with E-state index in [1.807, 2.05) is 34.6 Å². The molecule has 0 aromatic carbocycles. The van der Waals surface area contributed by atoms with E-state index in [4.69, 9.17) is 9.84 Å². The largest absolute Gasteiger partial charge is 0.444 e. The van der Waals surface area contributed by atoms with Crippen LogP contribution in [0.4, 0.5) is 4.79 Å². The van der Waals surface area contributed by atoms with Gasteiger partial charge in [-0.25, -0.2) is 4.79 Å². The lowest BCUT2D eigenvalue weighted by Gasteiger charge is -2.28. The molecule has 102 valence electrons. The van der Waals surface area contributed by atoms with Gasteiger partial charge in [-0.1, -0.05) is 12.8 Å². The number of carbonyl (C=O) groups excluding carboxylic acids is 1. The number of ether oxygens (including phenoxy) is 1. The molecule has 0 aliphatic heterocycles. The summed E-state index contributed by atoms with van der Waals surface area (Å²) in [6, 6.07) is 0. The lowest BCUT2D eigenvalue weighted by molar-refractivity contribution is 0.0466. The van der Waals surface area contributed by atoms with Crippen LogP contribution >= 0.6 is 0 Å². The molecule has 4 heteroatoms. The second-order valence-corrected chi connectivity index (χ2v) is 6.05. The van der Waals surface area contributed by atoms with E-state index in [-0.39, 0.29) is 18.2 Å². The van der Waals surface area contributed by atoms with Crippen LogP contribution in [-0.4, -0.2) is 28.9 Å². The van der Waals surface area contributed by atoms with Crippen LogP contribution in [-0.2, 0) is 4.74 Å². The molecule has 0 aromatic heterocycles. The highest BCUT2D eigenvalue weighted by Crippen LogP contribution is 2.15. The van der Waals surface area contributed by atoms with Gasteiger partial charge in [0.05, 0.1) is 0 Å². The average Bonchev–Trinajstić information content (AvgIpc) is 2.08. The van der Waals surface area contributed by atoms with Crippen LogP contribution in [0, 0.1) is 0 Å². The molecule has 0 heterocycles. The van der Waals surface area contributed by atoms with Crippen molar-refractivity contribution in [3.63, 3.8) is 0 Å². The predicted molar refractivity (Wildman–Crippen MR) is 69.0 cm³/mol. The van der Waals surface area contributed by atoms with Crippen LogP contribution < -0.4 is 5.32 Å². The number of alkyl carbamates (subject to hydrolysis) is 1. The SMILES string of the molecule is CC(C)(CCCCCO)NC(=O)OC(C)(C)C. The van der Waals surface area contributed by atoms with Gasteiger partial charge in [-0.15, -0.1) is 0 Å². The molecule has 0 saturated carbocycles. The van der Waals surface area contributed by atoms with Crippen molar-refractivity contribution in [1.82, 2.24) is 5.32 Å². The van der Waals surface area contributed by atoms with Crippen molar-refractivity contribution in [3.8, 4) is 0 Å². The minimum Gasteiger partial charge on any atom is -0.444 e. The van der Waals surface area contributed by atoms with E-state index in [0.717, 1.165) is 25.7 Å². The Morgan fingerprint density at radius 2 is 1.71 bits per heavy atom. The van der Waals surface area contributed by atoms with Gasteiger partial charge in [0.1, 0.15) is 5.60 Å². The topological polar surface area (TPSA) is 58.6 Å². The number of amides is 1. The van der Waals surface area contributed by atoms with E-state index >= 15 is 0 Å². The van der Waals surface area contributed by atoms with Crippen LogP contribution in [0.5, 0.6) is 0 Å². The van der Waals surface area contributed by atoms with Crippen LogP contribution in [0.2, 0.25) is 0 Å². The van der Waals surface area contributed by atoms with Gasteiger partial charge >= 0.3 is 6.09 Å². The highest BCUT2D eigenvalue weighted by atomic mass is 16.6. The second kappa shape index (κ2) is 6.84. The molecule has 0 aliphatic carbocycles. The third-order valence-corrected chi connectivity index (χ3v) is 2.30.